The first kappa shape index (κ1) is 18.0. The van der Waals surface area contributed by atoms with Crippen LogP contribution in [0, 0.1) is 6.92 Å². The Bertz CT molecular complexity index is 1120. The monoisotopic (exact) mass is 370 g/mol. The first-order valence-corrected chi connectivity index (χ1v) is 9.22. The van der Waals surface area contributed by atoms with Crippen molar-refractivity contribution in [3.8, 4) is 22.9 Å². The van der Waals surface area contributed by atoms with Gasteiger partial charge in [-0.3, -0.25) is 4.98 Å². The van der Waals surface area contributed by atoms with E-state index >= 15 is 0 Å². The van der Waals surface area contributed by atoms with Gasteiger partial charge in [-0.05, 0) is 25.1 Å². The van der Waals surface area contributed by atoms with E-state index < -0.39 is 0 Å². The number of fused-ring (bicyclic) bond motifs is 1. The molecule has 0 atom stereocenters. The van der Waals surface area contributed by atoms with Crippen LogP contribution >= 0.6 is 0 Å². The Kier molecular flexibility index (Phi) is 4.94. The minimum absolute atomic E-state index is 0.605. The highest BCUT2D eigenvalue weighted by atomic mass is 16.5. The van der Waals surface area contributed by atoms with Gasteiger partial charge in [0.15, 0.2) is 0 Å². The summed E-state index contributed by atoms with van der Waals surface area (Å²) in [6.45, 7) is 1.99. The number of hydrogen-bond donors (Lipinski definition) is 0. The first-order chi connectivity index (χ1) is 13.7. The average molecular weight is 370 g/mol. The third-order valence-corrected chi connectivity index (χ3v) is 4.89. The molecule has 4 aromatic rings. The quantitative estimate of drug-likeness (QED) is 0.483. The third-order valence-electron chi connectivity index (χ3n) is 4.89. The van der Waals surface area contributed by atoms with Crippen molar-refractivity contribution in [2.24, 2.45) is 0 Å². The van der Waals surface area contributed by atoms with E-state index in [4.69, 9.17) is 14.5 Å². The number of pyridine rings is 2. The van der Waals surface area contributed by atoms with Gasteiger partial charge in [-0.25, -0.2) is 4.98 Å². The summed E-state index contributed by atoms with van der Waals surface area (Å²) in [6, 6.07) is 22.3. The van der Waals surface area contributed by atoms with Gasteiger partial charge in [0.25, 0.3) is 0 Å². The van der Waals surface area contributed by atoms with Gasteiger partial charge in [-0.1, -0.05) is 48.5 Å². The second-order valence-electron chi connectivity index (χ2n) is 6.62. The Morgan fingerprint density at radius 1 is 0.786 bits per heavy atom. The number of benzene rings is 2. The fourth-order valence-corrected chi connectivity index (χ4v) is 3.56. The summed E-state index contributed by atoms with van der Waals surface area (Å²) in [6.07, 6.45) is 0.605. The number of ether oxygens (including phenoxy) is 2. The number of methoxy groups -OCH3 is 2. The minimum Gasteiger partial charge on any atom is -0.496 e. The number of rotatable bonds is 5. The fourth-order valence-electron chi connectivity index (χ4n) is 3.56. The lowest BCUT2D eigenvalue weighted by Gasteiger charge is -2.16. The maximum absolute atomic E-state index is 5.65. The van der Waals surface area contributed by atoms with Crippen LogP contribution in [0.1, 0.15) is 17.0 Å². The SMILES string of the molecule is COc1nc(C)c2cccc(OC)c2c1Cc1cccc(-c2ccccc2)n1. The summed E-state index contributed by atoms with van der Waals surface area (Å²) < 4.78 is 11.3. The maximum Gasteiger partial charge on any atom is 0.217 e. The van der Waals surface area contributed by atoms with Crippen LogP contribution in [-0.2, 0) is 6.42 Å². The molecule has 2 heterocycles. The van der Waals surface area contributed by atoms with E-state index in [-0.39, 0.29) is 0 Å². The Hall–Kier alpha value is -3.40. The summed E-state index contributed by atoms with van der Waals surface area (Å²) in [5, 5.41) is 2.09. The Labute approximate surface area is 164 Å². The lowest BCUT2D eigenvalue weighted by atomic mass is 9.99. The van der Waals surface area contributed by atoms with E-state index in [0.29, 0.717) is 12.3 Å². The smallest absolute Gasteiger partial charge is 0.217 e. The van der Waals surface area contributed by atoms with Crippen molar-refractivity contribution in [1.29, 1.82) is 0 Å². The second kappa shape index (κ2) is 7.69. The van der Waals surface area contributed by atoms with Crippen molar-refractivity contribution < 1.29 is 9.47 Å². The molecule has 0 amide bonds. The molecule has 0 bridgehead atoms. The molecule has 0 unspecified atom stereocenters. The highest BCUT2D eigenvalue weighted by molar-refractivity contribution is 5.94. The first-order valence-electron chi connectivity index (χ1n) is 9.22. The lowest BCUT2D eigenvalue weighted by molar-refractivity contribution is 0.392. The average Bonchev–Trinajstić information content (AvgIpc) is 2.76. The van der Waals surface area contributed by atoms with Crippen molar-refractivity contribution in [1.82, 2.24) is 9.97 Å². The zero-order valence-corrected chi connectivity index (χ0v) is 16.3. The van der Waals surface area contributed by atoms with E-state index in [2.05, 4.69) is 23.2 Å². The van der Waals surface area contributed by atoms with Crippen LogP contribution in [0.3, 0.4) is 0 Å². The van der Waals surface area contributed by atoms with Crippen molar-refractivity contribution in [3.05, 3.63) is 83.7 Å². The largest absolute Gasteiger partial charge is 0.496 e. The molecule has 4 rings (SSSR count). The van der Waals surface area contributed by atoms with Crippen LogP contribution < -0.4 is 9.47 Å². The van der Waals surface area contributed by atoms with Gasteiger partial charge in [-0.2, -0.15) is 0 Å². The van der Waals surface area contributed by atoms with Crippen LogP contribution in [0.15, 0.2) is 66.7 Å². The van der Waals surface area contributed by atoms with E-state index in [9.17, 15) is 0 Å². The van der Waals surface area contributed by atoms with Crippen molar-refractivity contribution in [2.45, 2.75) is 13.3 Å². The number of hydrogen-bond acceptors (Lipinski definition) is 4. The normalized spacial score (nSPS) is 10.8. The molecule has 0 saturated heterocycles. The summed E-state index contributed by atoms with van der Waals surface area (Å²) in [5.74, 6) is 1.43. The fraction of sp³-hybridized carbons (Fsp3) is 0.167. The molecule has 2 aromatic heterocycles. The van der Waals surface area contributed by atoms with Gasteiger partial charge in [0, 0.05) is 39.7 Å². The van der Waals surface area contributed by atoms with Crippen molar-refractivity contribution in [3.63, 3.8) is 0 Å². The van der Waals surface area contributed by atoms with Crippen molar-refractivity contribution >= 4 is 10.8 Å². The summed E-state index contributed by atoms with van der Waals surface area (Å²) >= 11 is 0. The van der Waals surface area contributed by atoms with Gasteiger partial charge >= 0.3 is 0 Å². The maximum atomic E-state index is 5.65. The van der Waals surface area contributed by atoms with Gasteiger partial charge in [-0.15, -0.1) is 0 Å². The van der Waals surface area contributed by atoms with Gasteiger partial charge < -0.3 is 9.47 Å². The molecule has 4 nitrogen and oxygen atoms in total. The molecule has 4 heteroatoms. The molecule has 0 fully saturated rings. The Morgan fingerprint density at radius 3 is 2.32 bits per heavy atom. The zero-order chi connectivity index (χ0) is 19.5. The number of aromatic nitrogens is 2. The molecule has 0 spiro atoms. The molecular weight excluding hydrogens is 348 g/mol. The molecule has 0 aliphatic rings. The van der Waals surface area contributed by atoms with Gasteiger partial charge in [0.2, 0.25) is 5.88 Å². The molecule has 0 N–H and O–H groups in total. The number of aryl methyl sites for hydroxylation is 1. The molecule has 0 saturated carbocycles. The van der Waals surface area contributed by atoms with Crippen molar-refractivity contribution in [2.75, 3.05) is 14.2 Å². The van der Waals surface area contributed by atoms with E-state index in [0.717, 1.165) is 44.7 Å². The Balaban J connectivity index is 1.85. The molecule has 2 aromatic carbocycles. The van der Waals surface area contributed by atoms with E-state index in [1.807, 2.05) is 55.5 Å². The summed E-state index contributed by atoms with van der Waals surface area (Å²) in [4.78, 5) is 9.54. The minimum atomic E-state index is 0.605. The predicted octanol–water partition coefficient (Wildman–Crippen LogP) is 5.21. The van der Waals surface area contributed by atoms with Crippen LogP contribution in [0.5, 0.6) is 11.6 Å². The van der Waals surface area contributed by atoms with Crippen LogP contribution in [-0.4, -0.2) is 24.2 Å². The molecule has 140 valence electrons. The summed E-state index contributed by atoms with van der Waals surface area (Å²) in [5.41, 5.74) is 4.91. The highest BCUT2D eigenvalue weighted by Gasteiger charge is 2.17. The summed E-state index contributed by atoms with van der Waals surface area (Å²) in [7, 11) is 3.34. The second-order valence-corrected chi connectivity index (χ2v) is 6.62. The Morgan fingerprint density at radius 2 is 1.57 bits per heavy atom. The molecule has 0 aliphatic carbocycles. The predicted molar refractivity (Wildman–Crippen MR) is 112 cm³/mol. The van der Waals surface area contributed by atoms with Gasteiger partial charge in [0.1, 0.15) is 5.75 Å². The van der Waals surface area contributed by atoms with Crippen LogP contribution in [0.4, 0.5) is 0 Å². The topological polar surface area (TPSA) is 44.2 Å². The highest BCUT2D eigenvalue weighted by Crippen LogP contribution is 2.36. The third kappa shape index (κ3) is 3.29. The van der Waals surface area contributed by atoms with Crippen LogP contribution in [0.2, 0.25) is 0 Å². The molecule has 0 radical (unpaired) electrons. The number of nitrogens with zero attached hydrogens (tertiary/aromatic N) is 2. The van der Waals surface area contributed by atoms with E-state index in [1.165, 1.54) is 0 Å². The molecular formula is C24H22N2O2. The zero-order valence-electron chi connectivity index (χ0n) is 16.3. The molecule has 0 aliphatic heterocycles. The van der Waals surface area contributed by atoms with Crippen LogP contribution in [0.25, 0.3) is 22.0 Å². The van der Waals surface area contributed by atoms with E-state index in [1.54, 1.807) is 14.2 Å². The lowest BCUT2D eigenvalue weighted by Crippen LogP contribution is -2.03. The van der Waals surface area contributed by atoms with Gasteiger partial charge in [0.05, 0.1) is 19.9 Å². The standard InChI is InChI=1S/C24H22N2O2/c1-16-19-12-8-14-22(27-2)23(19)20(24(25-16)28-3)15-18-11-7-13-21(26-18)17-9-5-4-6-10-17/h4-14H,15H2,1-3H3. The molecule has 28 heavy (non-hydrogen) atoms.